The Labute approximate surface area is 123 Å². The van der Waals surface area contributed by atoms with Crippen LogP contribution in [0.4, 0.5) is 0 Å². The molecule has 1 heterocycles. The average molecular weight is 276 g/mol. The van der Waals surface area contributed by atoms with E-state index in [-0.39, 0.29) is 0 Å². The van der Waals surface area contributed by atoms with E-state index in [2.05, 4.69) is 36.2 Å². The molecule has 1 aromatic rings. The molecule has 0 bridgehead atoms. The van der Waals surface area contributed by atoms with Crippen LogP contribution in [0.1, 0.15) is 32.3 Å². The summed E-state index contributed by atoms with van der Waals surface area (Å²) in [7, 11) is 1.75. The van der Waals surface area contributed by atoms with Gasteiger partial charge in [0.15, 0.2) is 0 Å². The summed E-state index contributed by atoms with van der Waals surface area (Å²) in [4.78, 5) is 2.54. The summed E-state index contributed by atoms with van der Waals surface area (Å²) >= 11 is 0. The Kier molecular flexibility index (Phi) is 5.86. The zero-order valence-corrected chi connectivity index (χ0v) is 13.1. The molecule has 1 aromatic carbocycles. The molecule has 2 atom stereocenters. The van der Waals surface area contributed by atoms with Crippen molar-refractivity contribution in [1.29, 1.82) is 0 Å². The third-order valence-corrected chi connectivity index (χ3v) is 4.19. The highest BCUT2D eigenvalue weighted by molar-refractivity contribution is 5.33. The van der Waals surface area contributed by atoms with Crippen LogP contribution >= 0.6 is 0 Å². The molecule has 1 aliphatic rings. The highest BCUT2D eigenvalue weighted by Gasteiger charge is 2.20. The van der Waals surface area contributed by atoms with E-state index in [1.807, 2.05) is 12.1 Å². The van der Waals surface area contributed by atoms with Gasteiger partial charge in [0.1, 0.15) is 5.75 Å². The lowest BCUT2D eigenvalue weighted by Crippen LogP contribution is -2.48. The van der Waals surface area contributed by atoms with Crippen molar-refractivity contribution >= 4 is 0 Å². The monoisotopic (exact) mass is 276 g/mol. The van der Waals surface area contributed by atoms with E-state index in [1.54, 1.807) is 7.11 Å². The maximum absolute atomic E-state index is 5.43. The predicted molar refractivity (Wildman–Crippen MR) is 84.4 cm³/mol. The van der Waals surface area contributed by atoms with Crippen LogP contribution in [0.15, 0.2) is 24.3 Å². The molecule has 2 unspecified atom stereocenters. The van der Waals surface area contributed by atoms with Gasteiger partial charge in [0, 0.05) is 18.6 Å². The van der Waals surface area contributed by atoms with Gasteiger partial charge in [0.25, 0.3) is 0 Å². The standard InChI is InChI=1S/C17H28N2O/c1-4-19-11-7-9-16(13-19)18-14(2)12-15-8-5-6-10-17(15)20-3/h5-6,8,10,14,16,18H,4,7,9,11-13H2,1-3H3. The molecule has 112 valence electrons. The van der Waals surface area contributed by atoms with E-state index in [9.17, 15) is 0 Å². The second kappa shape index (κ2) is 7.65. The van der Waals surface area contributed by atoms with Crippen molar-refractivity contribution in [2.45, 2.75) is 45.2 Å². The summed E-state index contributed by atoms with van der Waals surface area (Å²) in [6, 6.07) is 9.43. The first-order chi connectivity index (χ1) is 9.72. The van der Waals surface area contributed by atoms with Crippen molar-refractivity contribution in [2.75, 3.05) is 26.7 Å². The van der Waals surface area contributed by atoms with Crippen LogP contribution in [0.2, 0.25) is 0 Å². The van der Waals surface area contributed by atoms with Crippen LogP contribution in [0.3, 0.4) is 0 Å². The molecule has 0 saturated carbocycles. The fourth-order valence-corrected chi connectivity index (χ4v) is 3.14. The highest BCUT2D eigenvalue weighted by atomic mass is 16.5. The van der Waals surface area contributed by atoms with Crippen molar-refractivity contribution in [1.82, 2.24) is 10.2 Å². The lowest BCUT2D eigenvalue weighted by atomic mass is 10.0. The number of hydrogen-bond acceptors (Lipinski definition) is 3. The largest absolute Gasteiger partial charge is 0.496 e. The van der Waals surface area contributed by atoms with E-state index in [0.717, 1.165) is 12.2 Å². The second-order valence-corrected chi connectivity index (χ2v) is 5.82. The lowest BCUT2D eigenvalue weighted by Gasteiger charge is -2.34. The van der Waals surface area contributed by atoms with Gasteiger partial charge in [-0.3, -0.25) is 0 Å². The maximum Gasteiger partial charge on any atom is 0.122 e. The van der Waals surface area contributed by atoms with Gasteiger partial charge in [0.05, 0.1) is 7.11 Å². The molecule has 20 heavy (non-hydrogen) atoms. The molecular weight excluding hydrogens is 248 g/mol. The van der Waals surface area contributed by atoms with Crippen LogP contribution in [0.25, 0.3) is 0 Å². The maximum atomic E-state index is 5.43. The Hall–Kier alpha value is -1.06. The Bertz CT molecular complexity index is 408. The number of benzene rings is 1. The smallest absolute Gasteiger partial charge is 0.122 e. The Balaban J connectivity index is 1.87. The molecule has 1 N–H and O–H groups in total. The van der Waals surface area contributed by atoms with Crippen LogP contribution in [0, 0.1) is 0 Å². The van der Waals surface area contributed by atoms with Gasteiger partial charge in [-0.25, -0.2) is 0 Å². The molecule has 0 spiro atoms. The molecule has 2 rings (SSSR count). The van der Waals surface area contributed by atoms with Gasteiger partial charge in [-0.05, 0) is 50.9 Å². The Morgan fingerprint density at radius 3 is 2.95 bits per heavy atom. The first-order valence-corrected chi connectivity index (χ1v) is 7.83. The highest BCUT2D eigenvalue weighted by Crippen LogP contribution is 2.19. The Morgan fingerprint density at radius 1 is 1.40 bits per heavy atom. The van der Waals surface area contributed by atoms with Gasteiger partial charge in [-0.1, -0.05) is 25.1 Å². The third kappa shape index (κ3) is 4.22. The quantitative estimate of drug-likeness (QED) is 0.864. The number of piperidine rings is 1. The van der Waals surface area contributed by atoms with Crippen LogP contribution in [-0.2, 0) is 6.42 Å². The normalized spacial score (nSPS) is 21.6. The minimum absolute atomic E-state index is 0.480. The number of para-hydroxylation sites is 1. The summed E-state index contributed by atoms with van der Waals surface area (Å²) < 4.78 is 5.43. The number of nitrogens with one attached hydrogen (secondary N) is 1. The number of ether oxygens (including phenoxy) is 1. The minimum atomic E-state index is 0.480. The molecule has 3 heteroatoms. The molecule has 1 fully saturated rings. The van der Waals surface area contributed by atoms with Crippen molar-refractivity contribution < 1.29 is 4.74 Å². The lowest BCUT2D eigenvalue weighted by molar-refractivity contribution is 0.191. The van der Waals surface area contributed by atoms with Gasteiger partial charge < -0.3 is 15.0 Å². The van der Waals surface area contributed by atoms with Crippen molar-refractivity contribution in [2.24, 2.45) is 0 Å². The van der Waals surface area contributed by atoms with Crippen LogP contribution in [-0.4, -0.2) is 43.7 Å². The number of methoxy groups -OCH3 is 1. The summed E-state index contributed by atoms with van der Waals surface area (Å²) in [6.07, 6.45) is 3.63. The summed E-state index contributed by atoms with van der Waals surface area (Å²) in [5, 5.41) is 3.79. The van der Waals surface area contributed by atoms with Crippen molar-refractivity contribution in [3.05, 3.63) is 29.8 Å². The summed E-state index contributed by atoms with van der Waals surface area (Å²) in [6.45, 7) is 8.14. The Morgan fingerprint density at radius 2 is 2.20 bits per heavy atom. The van der Waals surface area contributed by atoms with E-state index in [1.165, 1.54) is 38.0 Å². The number of rotatable bonds is 6. The molecule has 0 aromatic heterocycles. The average Bonchev–Trinajstić information content (AvgIpc) is 2.48. The molecular formula is C17H28N2O. The van der Waals surface area contributed by atoms with Gasteiger partial charge in [-0.2, -0.15) is 0 Å². The van der Waals surface area contributed by atoms with Crippen LogP contribution < -0.4 is 10.1 Å². The summed E-state index contributed by atoms with van der Waals surface area (Å²) in [5.41, 5.74) is 1.29. The number of nitrogens with zero attached hydrogens (tertiary/aromatic N) is 1. The van der Waals surface area contributed by atoms with E-state index in [0.29, 0.717) is 12.1 Å². The SMILES string of the molecule is CCN1CCCC(NC(C)Cc2ccccc2OC)C1. The zero-order valence-electron chi connectivity index (χ0n) is 13.1. The third-order valence-electron chi connectivity index (χ3n) is 4.19. The first-order valence-electron chi connectivity index (χ1n) is 7.83. The fraction of sp³-hybridized carbons (Fsp3) is 0.647. The first kappa shape index (κ1) is 15.3. The van der Waals surface area contributed by atoms with Gasteiger partial charge in [0.2, 0.25) is 0 Å². The van der Waals surface area contributed by atoms with Crippen molar-refractivity contribution in [3.63, 3.8) is 0 Å². The summed E-state index contributed by atoms with van der Waals surface area (Å²) in [5.74, 6) is 1.000. The van der Waals surface area contributed by atoms with Crippen LogP contribution in [0.5, 0.6) is 5.75 Å². The number of likely N-dealkylation sites (tertiary alicyclic amines) is 1. The minimum Gasteiger partial charge on any atom is -0.496 e. The molecule has 0 aliphatic carbocycles. The number of hydrogen-bond donors (Lipinski definition) is 1. The van der Waals surface area contributed by atoms with Crippen molar-refractivity contribution in [3.8, 4) is 5.75 Å². The molecule has 1 aliphatic heterocycles. The predicted octanol–water partition coefficient (Wildman–Crippen LogP) is 2.70. The molecule has 1 saturated heterocycles. The molecule has 3 nitrogen and oxygen atoms in total. The second-order valence-electron chi connectivity index (χ2n) is 5.82. The zero-order chi connectivity index (χ0) is 14.4. The van der Waals surface area contributed by atoms with E-state index < -0.39 is 0 Å². The van der Waals surface area contributed by atoms with Gasteiger partial charge >= 0.3 is 0 Å². The van der Waals surface area contributed by atoms with E-state index in [4.69, 9.17) is 4.74 Å². The number of likely N-dealkylation sites (N-methyl/N-ethyl adjacent to an activating group) is 1. The molecule has 0 radical (unpaired) electrons. The van der Waals surface area contributed by atoms with E-state index >= 15 is 0 Å². The topological polar surface area (TPSA) is 24.5 Å². The molecule has 0 amide bonds. The van der Waals surface area contributed by atoms with Gasteiger partial charge in [-0.15, -0.1) is 0 Å². The fourth-order valence-electron chi connectivity index (χ4n) is 3.14.